The van der Waals surface area contributed by atoms with Crippen LogP contribution in [-0.4, -0.2) is 45.0 Å². The summed E-state index contributed by atoms with van der Waals surface area (Å²) < 4.78 is 7.74. The minimum atomic E-state index is 0.104. The Bertz CT molecular complexity index is 485. The van der Waals surface area contributed by atoms with E-state index in [1.807, 2.05) is 9.58 Å². The van der Waals surface area contributed by atoms with Crippen LogP contribution >= 0.6 is 0 Å². The van der Waals surface area contributed by atoms with E-state index in [0.29, 0.717) is 19.6 Å². The highest BCUT2D eigenvalue weighted by molar-refractivity contribution is 5.76. The van der Waals surface area contributed by atoms with Crippen LogP contribution in [-0.2, 0) is 16.1 Å². The maximum atomic E-state index is 12.1. The van der Waals surface area contributed by atoms with E-state index in [1.54, 1.807) is 12.3 Å². The van der Waals surface area contributed by atoms with Crippen LogP contribution in [0.15, 0.2) is 18.9 Å². The third kappa shape index (κ3) is 2.28. The molecule has 0 spiro atoms. The van der Waals surface area contributed by atoms with Gasteiger partial charge < -0.3 is 9.64 Å². The second-order valence-corrected chi connectivity index (χ2v) is 5.04. The summed E-state index contributed by atoms with van der Waals surface area (Å²) in [6.07, 6.45) is 5.79. The van der Waals surface area contributed by atoms with Crippen LogP contribution in [0.4, 0.5) is 0 Å². The van der Waals surface area contributed by atoms with E-state index >= 15 is 0 Å². The predicted octanol–water partition coefficient (Wildman–Crippen LogP) is 0.916. The smallest absolute Gasteiger partial charge is 0.222 e. The molecule has 0 bridgehead atoms. The average Bonchev–Trinajstić information content (AvgIpc) is 2.93. The van der Waals surface area contributed by atoms with E-state index in [0.717, 1.165) is 25.1 Å². The summed E-state index contributed by atoms with van der Waals surface area (Å²) in [5.74, 6) is 0.186. The molecule has 6 nitrogen and oxygen atoms in total. The highest BCUT2D eigenvalue weighted by atomic mass is 16.5. The Morgan fingerprint density at radius 1 is 1.63 bits per heavy atom. The lowest BCUT2D eigenvalue weighted by molar-refractivity contribution is -0.137. The molecule has 1 fully saturated rings. The molecule has 0 saturated carbocycles. The highest BCUT2D eigenvalue weighted by Gasteiger charge is 2.37. The van der Waals surface area contributed by atoms with Crippen molar-refractivity contribution in [1.29, 1.82) is 0 Å². The van der Waals surface area contributed by atoms with E-state index in [1.165, 1.54) is 0 Å². The fourth-order valence-corrected chi connectivity index (χ4v) is 2.79. The molecule has 2 atom stereocenters. The van der Waals surface area contributed by atoms with Crippen LogP contribution in [0.3, 0.4) is 0 Å². The molecule has 6 heteroatoms. The van der Waals surface area contributed by atoms with Crippen LogP contribution < -0.4 is 0 Å². The number of amides is 1. The van der Waals surface area contributed by atoms with Crippen molar-refractivity contribution >= 4 is 5.91 Å². The Hall–Kier alpha value is -1.69. The number of aromatic nitrogens is 3. The van der Waals surface area contributed by atoms with Crippen molar-refractivity contribution in [3.05, 3.63) is 24.5 Å². The predicted molar refractivity (Wildman–Crippen MR) is 68.3 cm³/mol. The first-order valence-corrected chi connectivity index (χ1v) is 6.69. The van der Waals surface area contributed by atoms with Crippen molar-refractivity contribution in [2.45, 2.75) is 38.0 Å². The zero-order chi connectivity index (χ0) is 13.2. The molecule has 1 aromatic rings. The topological polar surface area (TPSA) is 60.3 Å². The lowest BCUT2D eigenvalue weighted by Crippen LogP contribution is -2.49. The van der Waals surface area contributed by atoms with Gasteiger partial charge in [0, 0.05) is 19.5 Å². The highest BCUT2D eigenvalue weighted by Crippen LogP contribution is 2.30. The number of likely N-dealkylation sites (tertiary alicyclic amines) is 1. The SMILES string of the molecule is C=CCCC(=O)N1CC[C@@H]2OCc3cnnn3[C@H]2C1. The second-order valence-electron chi connectivity index (χ2n) is 5.04. The molecule has 1 saturated heterocycles. The van der Waals surface area contributed by atoms with Crippen molar-refractivity contribution in [3.8, 4) is 0 Å². The number of carbonyl (C=O) groups excluding carboxylic acids is 1. The van der Waals surface area contributed by atoms with Gasteiger partial charge in [-0.1, -0.05) is 11.3 Å². The minimum absolute atomic E-state index is 0.104. The molecule has 0 radical (unpaired) electrons. The zero-order valence-electron chi connectivity index (χ0n) is 10.9. The number of fused-ring (bicyclic) bond motifs is 3. The van der Waals surface area contributed by atoms with Crippen LogP contribution in [0.1, 0.15) is 31.0 Å². The zero-order valence-corrected chi connectivity index (χ0v) is 10.9. The first-order valence-electron chi connectivity index (χ1n) is 6.69. The van der Waals surface area contributed by atoms with Crippen molar-refractivity contribution in [2.75, 3.05) is 13.1 Å². The van der Waals surface area contributed by atoms with Crippen LogP contribution in [0.25, 0.3) is 0 Å². The molecule has 0 N–H and O–H groups in total. The maximum Gasteiger partial charge on any atom is 0.222 e. The standard InChI is InChI=1S/C13H18N4O2/c1-2-3-4-13(18)16-6-5-12-11(8-16)17-10(9-19-12)7-14-15-17/h2,7,11-12H,1,3-6,8-9H2/t11-,12-/m0/s1. The number of carbonyl (C=O) groups is 1. The van der Waals surface area contributed by atoms with Crippen LogP contribution in [0.2, 0.25) is 0 Å². The molecule has 2 aliphatic rings. The second kappa shape index (κ2) is 5.13. The van der Waals surface area contributed by atoms with Gasteiger partial charge in [0.2, 0.25) is 5.91 Å². The number of allylic oxidation sites excluding steroid dienone is 1. The van der Waals surface area contributed by atoms with E-state index in [4.69, 9.17) is 4.74 Å². The van der Waals surface area contributed by atoms with Crippen molar-refractivity contribution in [2.24, 2.45) is 0 Å². The monoisotopic (exact) mass is 262 g/mol. The van der Waals surface area contributed by atoms with Crippen LogP contribution in [0.5, 0.6) is 0 Å². The van der Waals surface area contributed by atoms with E-state index in [2.05, 4.69) is 16.9 Å². The number of hydrogen-bond donors (Lipinski definition) is 0. The van der Waals surface area contributed by atoms with Gasteiger partial charge in [0.05, 0.1) is 30.6 Å². The molecule has 0 aliphatic carbocycles. The fraction of sp³-hybridized carbons (Fsp3) is 0.615. The van der Waals surface area contributed by atoms with Gasteiger partial charge >= 0.3 is 0 Å². The molecular formula is C13H18N4O2. The molecule has 3 rings (SSSR count). The van der Waals surface area contributed by atoms with E-state index in [-0.39, 0.29) is 18.1 Å². The van der Waals surface area contributed by atoms with E-state index < -0.39 is 0 Å². The summed E-state index contributed by atoms with van der Waals surface area (Å²) in [5, 5.41) is 8.06. The van der Waals surface area contributed by atoms with Gasteiger partial charge in [0.1, 0.15) is 0 Å². The summed E-state index contributed by atoms with van der Waals surface area (Å²) in [6.45, 7) is 5.65. The van der Waals surface area contributed by atoms with Crippen molar-refractivity contribution in [1.82, 2.24) is 19.9 Å². The number of nitrogens with zero attached hydrogens (tertiary/aromatic N) is 4. The molecule has 19 heavy (non-hydrogen) atoms. The van der Waals surface area contributed by atoms with Gasteiger partial charge in [0.25, 0.3) is 0 Å². The van der Waals surface area contributed by atoms with Gasteiger partial charge in [-0.25, -0.2) is 4.68 Å². The normalized spacial score (nSPS) is 25.6. The molecule has 1 aromatic heterocycles. The molecule has 0 aromatic carbocycles. The lowest BCUT2D eigenvalue weighted by Gasteiger charge is -2.41. The van der Waals surface area contributed by atoms with Crippen molar-refractivity contribution < 1.29 is 9.53 Å². The summed E-state index contributed by atoms with van der Waals surface area (Å²) in [4.78, 5) is 14.0. The first kappa shape index (κ1) is 12.3. The number of ether oxygens (including phenoxy) is 1. The Balaban J connectivity index is 1.72. The number of rotatable bonds is 3. The molecule has 0 unspecified atom stereocenters. The van der Waals surface area contributed by atoms with Crippen LogP contribution in [0, 0.1) is 0 Å². The lowest BCUT2D eigenvalue weighted by atomic mass is 10.00. The first-order chi connectivity index (χ1) is 9.29. The third-order valence-electron chi connectivity index (χ3n) is 3.84. The van der Waals surface area contributed by atoms with Gasteiger partial charge in [-0.3, -0.25) is 4.79 Å². The summed E-state index contributed by atoms with van der Waals surface area (Å²) >= 11 is 0. The molecule has 3 heterocycles. The summed E-state index contributed by atoms with van der Waals surface area (Å²) in [6, 6.07) is 0.104. The maximum absolute atomic E-state index is 12.1. The van der Waals surface area contributed by atoms with Gasteiger partial charge in [0.15, 0.2) is 0 Å². The number of piperidine rings is 1. The molecular weight excluding hydrogens is 244 g/mol. The fourth-order valence-electron chi connectivity index (χ4n) is 2.79. The molecule has 2 aliphatic heterocycles. The van der Waals surface area contributed by atoms with Gasteiger partial charge in [-0.05, 0) is 12.8 Å². The van der Waals surface area contributed by atoms with Gasteiger partial charge in [-0.15, -0.1) is 11.7 Å². The molecule has 102 valence electrons. The molecule has 1 amide bonds. The van der Waals surface area contributed by atoms with Crippen molar-refractivity contribution in [3.63, 3.8) is 0 Å². The van der Waals surface area contributed by atoms with Gasteiger partial charge in [-0.2, -0.15) is 0 Å². The Morgan fingerprint density at radius 3 is 3.37 bits per heavy atom. The summed E-state index contributed by atoms with van der Waals surface area (Å²) in [5.41, 5.74) is 0.988. The Kier molecular flexibility index (Phi) is 3.33. The Morgan fingerprint density at radius 2 is 2.53 bits per heavy atom. The summed E-state index contributed by atoms with van der Waals surface area (Å²) in [7, 11) is 0. The minimum Gasteiger partial charge on any atom is -0.370 e. The average molecular weight is 262 g/mol. The quantitative estimate of drug-likeness (QED) is 0.760. The van der Waals surface area contributed by atoms with E-state index in [9.17, 15) is 4.79 Å². The number of hydrogen-bond acceptors (Lipinski definition) is 4. The third-order valence-corrected chi connectivity index (χ3v) is 3.84. The largest absolute Gasteiger partial charge is 0.370 e. The Labute approximate surface area is 112 Å².